The number of esters is 2. The minimum absolute atomic E-state index is 0.00508. The topological polar surface area (TPSA) is 89.9 Å². The highest BCUT2D eigenvalue weighted by Gasteiger charge is 2.07. The van der Waals surface area contributed by atoms with Gasteiger partial charge in [-0.3, -0.25) is 14.4 Å². The summed E-state index contributed by atoms with van der Waals surface area (Å²) in [6.07, 6.45) is -0.129. The van der Waals surface area contributed by atoms with Crippen molar-refractivity contribution in [2.45, 2.75) is 19.3 Å². The molecule has 8 heteroatoms. The fourth-order valence-corrected chi connectivity index (χ4v) is 2.02. The van der Waals surface area contributed by atoms with Crippen molar-refractivity contribution in [1.29, 1.82) is 0 Å². The standard InChI is InChI=1S/C11H18O6S2/c12-9(13)1-2-10(14)16-4-5-17-11(15)3-7-19-8-6-18/h18H,1-8H2,(H,12,13). The zero-order valence-electron chi connectivity index (χ0n) is 10.5. The maximum Gasteiger partial charge on any atom is 0.306 e. The van der Waals surface area contributed by atoms with Crippen molar-refractivity contribution in [2.75, 3.05) is 30.5 Å². The van der Waals surface area contributed by atoms with Crippen molar-refractivity contribution in [2.24, 2.45) is 0 Å². The number of thiol groups is 1. The van der Waals surface area contributed by atoms with Crippen LogP contribution in [0.2, 0.25) is 0 Å². The van der Waals surface area contributed by atoms with Crippen molar-refractivity contribution >= 4 is 42.3 Å². The molecule has 0 atom stereocenters. The first-order valence-electron chi connectivity index (χ1n) is 5.78. The molecule has 19 heavy (non-hydrogen) atoms. The molecule has 0 aliphatic carbocycles. The maximum absolute atomic E-state index is 11.2. The lowest BCUT2D eigenvalue weighted by molar-refractivity contribution is -0.153. The molecule has 0 saturated carbocycles. The fraction of sp³-hybridized carbons (Fsp3) is 0.727. The summed E-state index contributed by atoms with van der Waals surface area (Å²) in [5.41, 5.74) is 0. The van der Waals surface area contributed by atoms with Crippen LogP contribution in [0.4, 0.5) is 0 Å². The minimum Gasteiger partial charge on any atom is -0.481 e. The zero-order valence-corrected chi connectivity index (χ0v) is 12.2. The lowest BCUT2D eigenvalue weighted by Crippen LogP contribution is -2.15. The Labute approximate surface area is 121 Å². The smallest absolute Gasteiger partial charge is 0.306 e. The number of hydrogen-bond donors (Lipinski definition) is 2. The van der Waals surface area contributed by atoms with Gasteiger partial charge in [-0.25, -0.2) is 0 Å². The molecule has 0 heterocycles. The second kappa shape index (κ2) is 12.2. The Morgan fingerprint density at radius 3 is 2.05 bits per heavy atom. The second-order valence-corrected chi connectivity index (χ2v) is 5.09. The lowest BCUT2D eigenvalue weighted by atomic mass is 10.3. The molecule has 0 aromatic carbocycles. The molecule has 1 N–H and O–H groups in total. The Kier molecular flexibility index (Phi) is 11.6. The van der Waals surface area contributed by atoms with E-state index in [-0.39, 0.29) is 32.0 Å². The summed E-state index contributed by atoms with van der Waals surface area (Å²) < 4.78 is 9.52. The molecule has 110 valence electrons. The average Bonchev–Trinajstić information content (AvgIpc) is 2.37. The second-order valence-electron chi connectivity index (χ2n) is 3.42. The summed E-state index contributed by atoms with van der Waals surface area (Å²) >= 11 is 5.66. The van der Waals surface area contributed by atoms with E-state index >= 15 is 0 Å². The molecule has 0 fully saturated rings. The number of hydrogen-bond acceptors (Lipinski definition) is 7. The largest absolute Gasteiger partial charge is 0.481 e. The molecule has 0 aromatic rings. The van der Waals surface area contributed by atoms with Crippen molar-refractivity contribution in [3.05, 3.63) is 0 Å². The van der Waals surface area contributed by atoms with Crippen LogP contribution in [-0.4, -0.2) is 53.5 Å². The summed E-state index contributed by atoms with van der Waals surface area (Å²) in [6.45, 7) is -0.0527. The van der Waals surface area contributed by atoms with Crippen LogP contribution in [0.5, 0.6) is 0 Å². The molecule has 0 saturated heterocycles. The molecule has 0 aliphatic heterocycles. The highest BCUT2D eigenvalue weighted by atomic mass is 32.2. The van der Waals surface area contributed by atoms with Crippen LogP contribution in [0.25, 0.3) is 0 Å². The van der Waals surface area contributed by atoms with E-state index in [1.54, 1.807) is 11.8 Å². The molecule has 0 rings (SSSR count). The molecular weight excluding hydrogens is 292 g/mol. The zero-order chi connectivity index (χ0) is 14.5. The van der Waals surface area contributed by atoms with Crippen molar-refractivity contribution in [3.8, 4) is 0 Å². The maximum atomic E-state index is 11.2. The quantitative estimate of drug-likeness (QED) is 0.334. The normalized spacial score (nSPS) is 9.95. The minimum atomic E-state index is -1.05. The van der Waals surface area contributed by atoms with E-state index in [1.807, 2.05) is 0 Å². The third-order valence-electron chi connectivity index (χ3n) is 1.84. The number of carboxylic acid groups (broad SMARTS) is 1. The van der Waals surface area contributed by atoms with Gasteiger partial charge in [-0.1, -0.05) is 0 Å². The van der Waals surface area contributed by atoms with Gasteiger partial charge in [0.2, 0.25) is 0 Å². The number of rotatable bonds is 11. The SMILES string of the molecule is O=C(O)CCC(=O)OCCOC(=O)CCSCCS. The van der Waals surface area contributed by atoms with Crippen LogP contribution in [0.3, 0.4) is 0 Å². The van der Waals surface area contributed by atoms with E-state index in [0.717, 1.165) is 11.5 Å². The van der Waals surface area contributed by atoms with E-state index in [2.05, 4.69) is 12.6 Å². The monoisotopic (exact) mass is 310 g/mol. The molecule has 0 radical (unpaired) electrons. The van der Waals surface area contributed by atoms with Gasteiger partial charge < -0.3 is 14.6 Å². The van der Waals surface area contributed by atoms with Crippen LogP contribution >= 0.6 is 24.4 Å². The highest BCUT2D eigenvalue weighted by molar-refractivity contribution is 7.99. The van der Waals surface area contributed by atoms with Crippen LogP contribution in [0, 0.1) is 0 Å². The number of thioether (sulfide) groups is 1. The van der Waals surface area contributed by atoms with Crippen LogP contribution in [0.1, 0.15) is 19.3 Å². The van der Waals surface area contributed by atoms with Gasteiger partial charge in [-0.05, 0) is 5.75 Å². The first-order chi connectivity index (χ1) is 9.06. The van der Waals surface area contributed by atoms with E-state index < -0.39 is 11.9 Å². The summed E-state index contributed by atoms with van der Waals surface area (Å²) in [5, 5.41) is 8.34. The van der Waals surface area contributed by atoms with Gasteiger partial charge in [0.05, 0.1) is 19.3 Å². The summed E-state index contributed by atoms with van der Waals surface area (Å²) in [4.78, 5) is 32.4. The van der Waals surface area contributed by atoms with Gasteiger partial charge in [-0.2, -0.15) is 24.4 Å². The van der Waals surface area contributed by atoms with E-state index in [0.29, 0.717) is 12.2 Å². The van der Waals surface area contributed by atoms with Crippen molar-refractivity contribution in [1.82, 2.24) is 0 Å². The average molecular weight is 310 g/mol. The number of carbonyl (C=O) groups excluding carboxylic acids is 2. The highest BCUT2D eigenvalue weighted by Crippen LogP contribution is 2.03. The molecule has 0 spiro atoms. The molecular formula is C11H18O6S2. The Morgan fingerprint density at radius 1 is 0.947 bits per heavy atom. The van der Waals surface area contributed by atoms with Crippen molar-refractivity contribution in [3.63, 3.8) is 0 Å². The predicted octanol–water partition coefficient (Wildman–Crippen LogP) is 0.991. The molecule has 0 bridgehead atoms. The molecule has 0 unspecified atom stereocenters. The first-order valence-corrected chi connectivity index (χ1v) is 7.56. The van der Waals surface area contributed by atoms with Gasteiger partial charge in [0, 0.05) is 11.5 Å². The molecule has 0 aliphatic rings. The number of carboxylic acids is 1. The lowest BCUT2D eigenvalue weighted by Gasteiger charge is -2.05. The van der Waals surface area contributed by atoms with E-state index in [9.17, 15) is 14.4 Å². The third-order valence-corrected chi connectivity index (χ3v) is 3.35. The third kappa shape index (κ3) is 13.3. The van der Waals surface area contributed by atoms with Crippen LogP contribution < -0.4 is 0 Å². The van der Waals surface area contributed by atoms with E-state index in [4.69, 9.17) is 14.6 Å². The van der Waals surface area contributed by atoms with Crippen molar-refractivity contribution < 1.29 is 29.0 Å². The Hall–Kier alpha value is -0.890. The van der Waals surface area contributed by atoms with Gasteiger partial charge >= 0.3 is 17.9 Å². The number of carbonyl (C=O) groups is 3. The molecule has 0 amide bonds. The number of ether oxygens (including phenoxy) is 2. The fourth-order valence-electron chi connectivity index (χ4n) is 0.986. The first kappa shape index (κ1) is 18.1. The van der Waals surface area contributed by atoms with Gasteiger partial charge in [0.1, 0.15) is 13.2 Å². The summed E-state index contributed by atoms with van der Waals surface area (Å²) in [7, 11) is 0. The van der Waals surface area contributed by atoms with Gasteiger partial charge in [-0.15, -0.1) is 0 Å². The summed E-state index contributed by atoms with van der Waals surface area (Å²) in [6, 6.07) is 0. The van der Waals surface area contributed by atoms with Gasteiger partial charge in [0.15, 0.2) is 0 Å². The Bertz CT molecular complexity index is 295. The number of aliphatic carboxylic acids is 1. The molecule has 6 nitrogen and oxygen atoms in total. The molecule has 0 aromatic heterocycles. The van der Waals surface area contributed by atoms with E-state index in [1.165, 1.54) is 0 Å². The Balaban J connectivity index is 3.40. The summed E-state index contributed by atoms with van der Waals surface area (Å²) in [5.74, 6) is 0.333. The van der Waals surface area contributed by atoms with Crippen LogP contribution in [-0.2, 0) is 23.9 Å². The predicted molar refractivity (Wildman–Crippen MR) is 74.6 cm³/mol. The Morgan fingerprint density at radius 2 is 1.53 bits per heavy atom. The van der Waals surface area contributed by atoms with Crippen LogP contribution in [0.15, 0.2) is 0 Å². The van der Waals surface area contributed by atoms with Gasteiger partial charge in [0.25, 0.3) is 0 Å².